The lowest BCUT2D eigenvalue weighted by Gasteiger charge is -2.31. The Morgan fingerprint density at radius 3 is 2.00 bits per heavy atom. The first-order chi connectivity index (χ1) is 9.22. The van der Waals surface area contributed by atoms with E-state index in [1.165, 1.54) is 12.1 Å². The van der Waals surface area contributed by atoms with E-state index < -0.39 is 11.6 Å². The fraction of sp³-hybridized carbons (Fsp3) is 0.600. The molecule has 0 radical (unpaired) electrons. The van der Waals surface area contributed by atoms with E-state index in [1.54, 1.807) is 0 Å². The molecule has 1 aromatic rings. The van der Waals surface area contributed by atoms with Gasteiger partial charge in [-0.3, -0.25) is 0 Å². The fourth-order valence-corrected chi connectivity index (χ4v) is 3.18. The molecule has 2 fully saturated rings. The molecule has 0 N–H and O–H groups in total. The van der Waals surface area contributed by atoms with Crippen LogP contribution in [0.5, 0.6) is 0 Å². The van der Waals surface area contributed by atoms with Crippen molar-refractivity contribution in [3.05, 3.63) is 35.4 Å². The summed E-state index contributed by atoms with van der Waals surface area (Å²) in [5.41, 5.74) is 0.782. The van der Waals surface area contributed by atoms with Gasteiger partial charge in [-0.05, 0) is 49.3 Å². The van der Waals surface area contributed by atoms with Crippen LogP contribution < -0.4 is 0 Å². The zero-order valence-electron chi connectivity index (χ0n) is 10.8. The number of benzene rings is 1. The van der Waals surface area contributed by atoms with E-state index in [0.717, 1.165) is 37.3 Å². The average molecular weight is 268 g/mol. The normalized spacial score (nSPS) is 28.7. The first-order valence-electron chi connectivity index (χ1n) is 6.91. The van der Waals surface area contributed by atoms with Crippen molar-refractivity contribution in [3.8, 4) is 0 Å². The maximum absolute atomic E-state index is 13.2. The van der Waals surface area contributed by atoms with Crippen molar-refractivity contribution in [1.29, 1.82) is 0 Å². The molecule has 0 amide bonds. The highest BCUT2D eigenvalue weighted by Crippen LogP contribution is 2.38. The molecule has 1 saturated carbocycles. The van der Waals surface area contributed by atoms with Crippen LogP contribution in [0.25, 0.3) is 0 Å². The van der Waals surface area contributed by atoms with Crippen LogP contribution in [-0.4, -0.2) is 19.5 Å². The van der Waals surface area contributed by atoms with Crippen molar-refractivity contribution in [2.75, 3.05) is 13.2 Å². The lowest BCUT2D eigenvalue weighted by atomic mass is 9.78. The van der Waals surface area contributed by atoms with E-state index in [-0.39, 0.29) is 12.2 Å². The van der Waals surface area contributed by atoms with Crippen LogP contribution in [0.4, 0.5) is 8.78 Å². The van der Waals surface area contributed by atoms with Crippen LogP contribution in [0.1, 0.15) is 37.2 Å². The van der Waals surface area contributed by atoms with Gasteiger partial charge in [0.05, 0.1) is 13.2 Å². The van der Waals surface area contributed by atoms with Crippen LogP contribution in [-0.2, 0) is 9.47 Å². The zero-order valence-corrected chi connectivity index (χ0v) is 10.8. The molecule has 1 heterocycles. The van der Waals surface area contributed by atoms with E-state index >= 15 is 0 Å². The van der Waals surface area contributed by atoms with Gasteiger partial charge in [0.15, 0.2) is 6.29 Å². The third kappa shape index (κ3) is 2.95. The molecule has 1 aromatic carbocycles. The van der Waals surface area contributed by atoms with Crippen LogP contribution >= 0.6 is 0 Å². The second kappa shape index (κ2) is 5.55. The number of hydrogen-bond donors (Lipinski definition) is 0. The molecular formula is C15H18F2O2. The van der Waals surface area contributed by atoms with E-state index in [2.05, 4.69) is 0 Å². The van der Waals surface area contributed by atoms with Gasteiger partial charge < -0.3 is 9.47 Å². The van der Waals surface area contributed by atoms with Gasteiger partial charge in [0.25, 0.3) is 0 Å². The van der Waals surface area contributed by atoms with Crippen molar-refractivity contribution in [1.82, 2.24) is 0 Å². The molecule has 0 aromatic heterocycles. The molecule has 0 bridgehead atoms. The van der Waals surface area contributed by atoms with Gasteiger partial charge >= 0.3 is 0 Å². The van der Waals surface area contributed by atoms with Crippen LogP contribution in [0.15, 0.2) is 18.2 Å². The Morgan fingerprint density at radius 2 is 1.42 bits per heavy atom. The zero-order chi connectivity index (χ0) is 13.2. The van der Waals surface area contributed by atoms with E-state index in [4.69, 9.17) is 9.47 Å². The highest BCUT2D eigenvalue weighted by molar-refractivity contribution is 5.22. The maximum atomic E-state index is 13.2. The molecule has 2 aliphatic rings. The summed E-state index contributed by atoms with van der Waals surface area (Å²) in [7, 11) is 0. The minimum Gasteiger partial charge on any atom is -0.350 e. The third-order valence-electron chi connectivity index (χ3n) is 4.16. The van der Waals surface area contributed by atoms with Crippen LogP contribution in [0.3, 0.4) is 0 Å². The van der Waals surface area contributed by atoms with Crippen molar-refractivity contribution in [2.45, 2.75) is 37.9 Å². The summed E-state index contributed by atoms with van der Waals surface area (Å²) in [6, 6.07) is 3.84. The standard InChI is InChI=1S/C15H18F2O2/c16-13-7-12(8-14(17)9-13)10-1-3-11(4-2-10)15-18-5-6-19-15/h7-11,15H,1-6H2. The number of halogens is 2. The number of rotatable bonds is 2. The lowest BCUT2D eigenvalue weighted by Crippen LogP contribution is -2.26. The van der Waals surface area contributed by atoms with Gasteiger partial charge in [-0.25, -0.2) is 8.78 Å². The van der Waals surface area contributed by atoms with Crippen molar-refractivity contribution >= 4 is 0 Å². The summed E-state index contributed by atoms with van der Waals surface area (Å²) in [5.74, 6) is -0.292. The molecule has 1 saturated heterocycles. The van der Waals surface area contributed by atoms with E-state index in [1.807, 2.05) is 0 Å². The smallest absolute Gasteiger partial charge is 0.160 e. The SMILES string of the molecule is Fc1cc(F)cc(C2CCC(C3OCCO3)CC2)c1. The molecule has 1 aliphatic carbocycles. The molecule has 1 aliphatic heterocycles. The summed E-state index contributed by atoms with van der Waals surface area (Å²) < 4.78 is 37.5. The molecule has 104 valence electrons. The highest BCUT2D eigenvalue weighted by Gasteiger charge is 2.31. The Labute approximate surface area is 111 Å². The number of ether oxygens (including phenoxy) is 2. The third-order valence-corrected chi connectivity index (χ3v) is 4.16. The Morgan fingerprint density at radius 1 is 0.842 bits per heavy atom. The summed E-state index contributed by atoms with van der Waals surface area (Å²) in [5, 5.41) is 0. The predicted molar refractivity (Wildman–Crippen MR) is 66.7 cm³/mol. The average Bonchev–Trinajstić information content (AvgIpc) is 2.91. The molecule has 0 atom stereocenters. The monoisotopic (exact) mass is 268 g/mol. The van der Waals surface area contributed by atoms with Crippen molar-refractivity contribution in [3.63, 3.8) is 0 Å². The second-order valence-corrected chi connectivity index (χ2v) is 5.42. The Bertz CT molecular complexity index is 416. The second-order valence-electron chi connectivity index (χ2n) is 5.42. The molecule has 4 heteroatoms. The van der Waals surface area contributed by atoms with E-state index in [9.17, 15) is 8.78 Å². The summed E-state index contributed by atoms with van der Waals surface area (Å²) in [6.45, 7) is 1.36. The minimum atomic E-state index is -0.486. The molecule has 3 rings (SSSR count). The van der Waals surface area contributed by atoms with Gasteiger partial charge in [-0.1, -0.05) is 0 Å². The number of hydrogen-bond acceptors (Lipinski definition) is 2. The molecule has 0 unspecified atom stereocenters. The fourth-order valence-electron chi connectivity index (χ4n) is 3.18. The van der Waals surface area contributed by atoms with E-state index in [0.29, 0.717) is 19.1 Å². The quantitative estimate of drug-likeness (QED) is 0.815. The Balaban J connectivity index is 1.63. The van der Waals surface area contributed by atoms with Crippen molar-refractivity contribution < 1.29 is 18.3 Å². The molecule has 2 nitrogen and oxygen atoms in total. The maximum Gasteiger partial charge on any atom is 0.160 e. The minimum absolute atomic E-state index is 0.0646. The van der Waals surface area contributed by atoms with Gasteiger partial charge in [0, 0.05) is 12.0 Å². The Kier molecular flexibility index (Phi) is 3.80. The molecule has 19 heavy (non-hydrogen) atoms. The van der Waals surface area contributed by atoms with Crippen LogP contribution in [0.2, 0.25) is 0 Å². The van der Waals surface area contributed by atoms with Gasteiger partial charge in [0.1, 0.15) is 11.6 Å². The van der Waals surface area contributed by atoms with Gasteiger partial charge in [-0.2, -0.15) is 0 Å². The summed E-state index contributed by atoms with van der Waals surface area (Å²) >= 11 is 0. The first-order valence-corrected chi connectivity index (χ1v) is 6.91. The topological polar surface area (TPSA) is 18.5 Å². The summed E-state index contributed by atoms with van der Waals surface area (Å²) in [4.78, 5) is 0. The highest BCUT2D eigenvalue weighted by atomic mass is 19.1. The first kappa shape index (κ1) is 13.0. The lowest BCUT2D eigenvalue weighted by molar-refractivity contribution is -0.0931. The van der Waals surface area contributed by atoms with Gasteiger partial charge in [0.2, 0.25) is 0 Å². The molecular weight excluding hydrogens is 250 g/mol. The van der Waals surface area contributed by atoms with Crippen LogP contribution in [0, 0.1) is 17.6 Å². The summed E-state index contributed by atoms with van der Waals surface area (Å²) in [6.07, 6.45) is 3.80. The molecule has 0 spiro atoms. The van der Waals surface area contributed by atoms with Crippen molar-refractivity contribution in [2.24, 2.45) is 5.92 Å². The van der Waals surface area contributed by atoms with Gasteiger partial charge in [-0.15, -0.1) is 0 Å². The predicted octanol–water partition coefficient (Wildman–Crippen LogP) is 3.61. The largest absolute Gasteiger partial charge is 0.350 e. The Hall–Kier alpha value is -1.00.